The molecule has 2 fully saturated rings. The molecule has 1 aliphatic carbocycles. The molecule has 20 heavy (non-hydrogen) atoms. The van der Waals surface area contributed by atoms with E-state index in [1.54, 1.807) is 12.4 Å². The largest absolute Gasteiger partial charge is 0.353 e. The van der Waals surface area contributed by atoms with Gasteiger partial charge in [-0.25, -0.2) is 4.98 Å². The van der Waals surface area contributed by atoms with Crippen LogP contribution in [-0.2, 0) is 4.79 Å². The van der Waals surface area contributed by atoms with Crippen LogP contribution in [0.4, 0.5) is 5.82 Å². The maximum atomic E-state index is 11.8. The quantitative estimate of drug-likeness (QED) is 0.872. The molecule has 2 heterocycles. The molecule has 2 aliphatic rings. The van der Waals surface area contributed by atoms with Gasteiger partial charge in [-0.3, -0.25) is 14.7 Å². The van der Waals surface area contributed by atoms with Gasteiger partial charge >= 0.3 is 0 Å². The molecule has 0 unspecified atom stereocenters. The standard InChI is InChI=1S/C13H18BrN5O/c14-11-7-15-8-12(17-11)19-5-3-18(4-6-19)9-13(20)16-10-1-2-10/h7-8,10H,1-6,9H2,(H,16,20). The van der Waals surface area contributed by atoms with Crippen LogP contribution in [0.3, 0.4) is 0 Å². The summed E-state index contributed by atoms with van der Waals surface area (Å²) in [5, 5.41) is 3.03. The number of nitrogens with zero attached hydrogens (tertiary/aromatic N) is 4. The smallest absolute Gasteiger partial charge is 0.234 e. The fourth-order valence-corrected chi connectivity index (χ4v) is 2.62. The highest BCUT2D eigenvalue weighted by atomic mass is 79.9. The van der Waals surface area contributed by atoms with Crippen molar-refractivity contribution in [1.82, 2.24) is 20.2 Å². The van der Waals surface area contributed by atoms with E-state index in [2.05, 4.69) is 41.0 Å². The molecule has 0 spiro atoms. The summed E-state index contributed by atoms with van der Waals surface area (Å²) in [5.74, 6) is 1.05. The van der Waals surface area contributed by atoms with Gasteiger partial charge in [-0.05, 0) is 28.8 Å². The molecule has 6 nitrogen and oxygen atoms in total. The van der Waals surface area contributed by atoms with Crippen LogP contribution in [0.1, 0.15) is 12.8 Å². The summed E-state index contributed by atoms with van der Waals surface area (Å²) in [6.07, 6.45) is 5.74. The number of amides is 1. The van der Waals surface area contributed by atoms with Crippen molar-refractivity contribution >= 4 is 27.7 Å². The Morgan fingerprint density at radius 1 is 1.30 bits per heavy atom. The summed E-state index contributed by atoms with van der Waals surface area (Å²) in [6.45, 7) is 4.02. The molecule has 1 aromatic rings. The van der Waals surface area contributed by atoms with Gasteiger partial charge in [-0.1, -0.05) is 0 Å². The lowest BCUT2D eigenvalue weighted by Gasteiger charge is -2.34. The average Bonchev–Trinajstić information content (AvgIpc) is 3.23. The number of carbonyl (C=O) groups excluding carboxylic acids is 1. The minimum absolute atomic E-state index is 0.156. The third kappa shape index (κ3) is 3.67. The average molecular weight is 340 g/mol. The predicted octanol–water partition coefficient (Wildman–Crippen LogP) is 0.640. The summed E-state index contributed by atoms with van der Waals surface area (Å²) >= 11 is 3.34. The third-order valence-electron chi connectivity index (χ3n) is 3.60. The molecule has 1 N–H and O–H groups in total. The SMILES string of the molecule is O=C(CN1CCN(c2cncc(Br)n2)CC1)NC1CC1. The van der Waals surface area contributed by atoms with Gasteiger partial charge in [0.05, 0.1) is 18.9 Å². The van der Waals surface area contributed by atoms with Gasteiger partial charge in [-0.15, -0.1) is 0 Å². The van der Waals surface area contributed by atoms with Crippen molar-refractivity contribution in [3.63, 3.8) is 0 Å². The lowest BCUT2D eigenvalue weighted by atomic mass is 10.3. The molecule has 1 aromatic heterocycles. The third-order valence-corrected chi connectivity index (χ3v) is 3.98. The molecular formula is C13H18BrN5O. The molecular weight excluding hydrogens is 322 g/mol. The van der Waals surface area contributed by atoms with Gasteiger partial charge in [0.1, 0.15) is 10.4 Å². The Bertz CT molecular complexity index is 485. The monoisotopic (exact) mass is 339 g/mol. The number of carbonyl (C=O) groups is 1. The molecule has 1 amide bonds. The molecule has 3 rings (SSSR count). The summed E-state index contributed by atoms with van der Waals surface area (Å²) in [6, 6.07) is 0.445. The number of nitrogens with one attached hydrogen (secondary N) is 1. The molecule has 7 heteroatoms. The van der Waals surface area contributed by atoms with Gasteiger partial charge in [0.15, 0.2) is 0 Å². The van der Waals surface area contributed by atoms with E-state index in [9.17, 15) is 4.79 Å². The Labute approximate surface area is 126 Å². The summed E-state index contributed by atoms with van der Waals surface area (Å²) < 4.78 is 0.751. The van der Waals surface area contributed by atoms with Crippen LogP contribution in [0.25, 0.3) is 0 Å². The van der Waals surface area contributed by atoms with E-state index >= 15 is 0 Å². The fraction of sp³-hybridized carbons (Fsp3) is 0.615. The first-order valence-electron chi connectivity index (χ1n) is 6.95. The van der Waals surface area contributed by atoms with Crippen LogP contribution < -0.4 is 10.2 Å². The molecule has 1 saturated heterocycles. The van der Waals surface area contributed by atoms with Crippen LogP contribution in [0.5, 0.6) is 0 Å². The zero-order chi connectivity index (χ0) is 13.9. The molecule has 0 atom stereocenters. The van der Waals surface area contributed by atoms with Crippen molar-refractivity contribution < 1.29 is 4.79 Å². The van der Waals surface area contributed by atoms with E-state index in [1.807, 2.05) is 0 Å². The Hall–Kier alpha value is -1.21. The summed E-state index contributed by atoms with van der Waals surface area (Å²) in [5.41, 5.74) is 0. The van der Waals surface area contributed by atoms with Crippen molar-refractivity contribution in [3.05, 3.63) is 17.0 Å². The highest BCUT2D eigenvalue weighted by Gasteiger charge is 2.25. The number of halogens is 1. The zero-order valence-electron chi connectivity index (χ0n) is 11.3. The highest BCUT2D eigenvalue weighted by molar-refractivity contribution is 9.10. The van der Waals surface area contributed by atoms with Crippen molar-refractivity contribution in [2.75, 3.05) is 37.6 Å². The normalized spacial score (nSPS) is 19.9. The first kappa shape index (κ1) is 13.8. The van der Waals surface area contributed by atoms with Gasteiger partial charge in [-0.2, -0.15) is 0 Å². The molecule has 0 radical (unpaired) electrons. The second kappa shape index (κ2) is 6.05. The van der Waals surface area contributed by atoms with Crippen molar-refractivity contribution in [1.29, 1.82) is 0 Å². The number of hydrogen-bond acceptors (Lipinski definition) is 5. The first-order valence-corrected chi connectivity index (χ1v) is 7.74. The Morgan fingerprint density at radius 3 is 2.70 bits per heavy atom. The van der Waals surface area contributed by atoms with Crippen LogP contribution in [0, 0.1) is 0 Å². The molecule has 1 saturated carbocycles. The maximum absolute atomic E-state index is 11.8. The predicted molar refractivity (Wildman–Crippen MR) is 79.5 cm³/mol. The second-order valence-electron chi connectivity index (χ2n) is 5.30. The van der Waals surface area contributed by atoms with E-state index < -0.39 is 0 Å². The second-order valence-corrected chi connectivity index (χ2v) is 6.12. The van der Waals surface area contributed by atoms with E-state index in [1.165, 1.54) is 0 Å². The topological polar surface area (TPSA) is 61.4 Å². The lowest BCUT2D eigenvalue weighted by molar-refractivity contribution is -0.122. The lowest BCUT2D eigenvalue weighted by Crippen LogP contribution is -2.50. The molecule has 0 aromatic carbocycles. The number of anilines is 1. The van der Waals surface area contributed by atoms with Crippen LogP contribution in [-0.4, -0.2) is 59.5 Å². The minimum atomic E-state index is 0.156. The number of aromatic nitrogens is 2. The van der Waals surface area contributed by atoms with Gasteiger partial charge in [0, 0.05) is 32.2 Å². The van der Waals surface area contributed by atoms with E-state index in [0.717, 1.165) is 49.4 Å². The molecule has 1 aliphatic heterocycles. The van der Waals surface area contributed by atoms with Crippen LogP contribution in [0.15, 0.2) is 17.0 Å². The zero-order valence-corrected chi connectivity index (χ0v) is 12.8. The van der Waals surface area contributed by atoms with Gasteiger partial charge < -0.3 is 10.2 Å². The van der Waals surface area contributed by atoms with Gasteiger partial charge in [0.2, 0.25) is 5.91 Å². The van der Waals surface area contributed by atoms with E-state index in [0.29, 0.717) is 12.6 Å². The van der Waals surface area contributed by atoms with E-state index in [4.69, 9.17) is 0 Å². The highest BCUT2D eigenvalue weighted by Crippen LogP contribution is 2.18. The Balaban J connectivity index is 1.47. The Kier molecular flexibility index (Phi) is 4.16. The molecule has 108 valence electrons. The summed E-state index contributed by atoms with van der Waals surface area (Å²) in [7, 11) is 0. The first-order chi connectivity index (χ1) is 9.70. The minimum Gasteiger partial charge on any atom is -0.353 e. The number of hydrogen-bond donors (Lipinski definition) is 1. The number of rotatable bonds is 4. The molecule has 0 bridgehead atoms. The Morgan fingerprint density at radius 2 is 2.05 bits per heavy atom. The van der Waals surface area contributed by atoms with Crippen LogP contribution >= 0.6 is 15.9 Å². The van der Waals surface area contributed by atoms with Crippen molar-refractivity contribution in [2.24, 2.45) is 0 Å². The van der Waals surface area contributed by atoms with E-state index in [-0.39, 0.29) is 5.91 Å². The summed E-state index contributed by atoms with van der Waals surface area (Å²) in [4.78, 5) is 24.7. The van der Waals surface area contributed by atoms with Crippen molar-refractivity contribution in [2.45, 2.75) is 18.9 Å². The van der Waals surface area contributed by atoms with Crippen molar-refractivity contribution in [3.8, 4) is 0 Å². The van der Waals surface area contributed by atoms with Gasteiger partial charge in [0.25, 0.3) is 0 Å². The van der Waals surface area contributed by atoms with Crippen LogP contribution in [0.2, 0.25) is 0 Å². The fourth-order valence-electron chi connectivity index (χ4n) is 2.32. The maximum Gasteiger partial charge on any atom is 0.234 e. The number of piperazine rings is 1.